The highest BCUT2D eigenvalue weighted by atomic mass is 15.2. The van der Waals surface area contributed by atoms with E-state index in [1.54, 1.807) is 6.20 Å². The van der Waals surface area contributed by atoms with Gasteiger partial charge in [-0.25, -0.2) is 9.97 Å². The molecule has 0 spiro atoms. The standard InChI is InChI=1S/C9H14N4/c1-10-8-6-12-9(7-11-8)13-4-2-3-5-13/h6-7H,2-5H2,1H3,(H,10,11). The van der Waals surface area contributed by atoms with Gasteiger partial charge in [0.1, 0.15) is 11.6 Å². The summed E-state index contributed by atoms with van der Waals surface area (Å²) in [7, 11) is 1.85. The second kappa shape index (κ2) is 3.60. The molecule has 1 aliphatic rings. The highest BCUT2D eigenvalue weighted by Crippen LogP contribution is 2.16. The predicted molar refractivity (Wildman–Crippen MR) is 53.0 cm³/mol. The first-order chi connectivity index (χ1) is 6.40. The zero-order valence-corrected chi connectivity index (χ0v) is 7.82. The highest BCUT2D eigenvalue weighted by Gasteiger charge is 2.13. The van der Waals surface area contributed by atoms with Crippen molar-refractivity contribution in [2.45, 2.75) is 12.8 Å². The van der Waals surface area contributed by atoms with Crippen molar-refractivity contribution in [3.05, 3.63) is 12.4 Å². The van der Waals surface area contributed by atoms with Crippen LogP contribution < -0.4 is 10.2 Å². The first-order valence-electron chi connectivity index (χ1n) is 4.65. The summed E-state index contributed by atoms with van der Waals surface area (Å²) in [6.07, 6.45) is 6.15. The van der Waals surface area contributed by atoms with Crippen LogP contribution in [0.2, 0.25) is 0 Å². The number of anilines is 2. The maximum atomic E-state index is 4.33. The number of hydrogen-bond acceptors (Lipinski definition) is 4. The normalized spacial score (nSPS) is 16.2. The Bertz CT molecular complexity index is 263. The van der Waals surface area contributed by atoms with Crippen molar-refractivity contribution in [2.75, 3.05) is 30.4 Å². The van der Waals surface area contributed by atoms with Crippen molar-refractivity contribution in [2.24, 2.45) is 0 Å². The second-order valence-corrected chi connectivity index (χ2v) is 3.20. The van der Waals surface area contributed by atoms with E-state index >= 15 is 0 Å². The Morgan fingerprint density at radius 1 is 1.23 bits per heavy atom. The fourth-order valence-corrected chi connectivity index (χ4v) is 1.56. The molecule has 1 aromatic rings. The molecule has 70 valence electrons. The molecular formula is C9H14N4. The largest absolute Gasteiger partial charge is 0.372 e. The molecule has 1 saturated heterocycles. The van der Waals surface area contributed by atoms with E-state index in [9.17, 15) is 0 Å². The van der Waals surface area contributed by atoms with Gasteiger partial charge >= 0.3 is 0 Å². The number of rotatable bonds is 2. The molecule has 0 unspecified atom stereocenters. The number of aromatic nitrogens is 2. The third-order valence-electron chi connectivity index (χ3n) is 2.32. The summed E-state index contributed by atoms with van der Waals surface area (Å²) >= 11 is 0. The average molecular weight is 178 g/mol. The number of hydrogen-bond donors (Lipinski definition) is 1. The van der Waals surface area contributed by atoms with Gasteiger partial charge in [0.25, 0.3) is 0 Å². The third kappa shape index (κ3) is 1.71. The summed E-state index contributed by atoms with van der Waals surface area (Å²) in [4.78, 5) is 10.8. The Labute approximate surface area is 78.0 Å². The van der Waals surface area contributed by atoms with E-state index in [1.165, 1.54) is 12.8 Å². The minimum absolute atomic E-state index is 0.822. The summed E-state index contributed by atoms with van der Waals surface area (Å²) in [6.45, 7) is 2.24. The van der Waals surface area contributed by atoms with E-state index in [4.69, 9.17) is 0 Å². The van der Waals surface area contributed by atoms with E-state index in [0.717, 1.165) is 24.7 Å². The molecule has 1 N–H and O–H groups in total. The molecule has 0 aliphatic carbocycles. The molecule has 0 bridgehead atoms. The minimum Gasteiger partial charge on any atom is -0.372 e. The van der Waals surface area contributed by atoms with E-state index in [2.05, 4.69) is 20.2 Å². The number of nitrogens with one attached hydrogen (secondary N) is 1. The van der Waals surface area contributed by atoms with Gasteiger partial charge in [0.05, 0.1) is 12.4 Å². The Morgan fingerprint density at radius 3 is 2.54 bits per heavy atom. The molecule has 2 heterocycles. The molecule has 2 rings (SSSR count). The van der Waals surface area contributed by atoms with Gasteiger partial charge in [0, 0.05) is 20.1 Å². The summed E-state index contributed by atoms with van der Waals surface area (Å²) in [5.74, 6) is 1.82. The van der Waals surface area contributed by atoms with Crippen molar-refractivity contribution in [1.29, 1.82) is 0 Å². The van der Waals surface area contributed by atoms with Gasteiger partial charge in [-0.3, -0.25) is 0 Å². The predicted octanol–water partition coefficient (Wildman–Crippen LogP) is 1.12. The van der Waals surface area contributed by atoms with Crippen LogP contribution in [0.1, 0.15) is 12.8 Å². The fourth-order valence-electron chi connectivity index (χ4n) is 1.56. The van der Waals surface area contributed by atoms with Crippen LogP contribution in [-0.2, 0) is 0 Å². The van der Waals surface area contributed by atoms with Gasteiger partial charge in [-0.1, -0.05) is 0 Å². The molecule has 0 amide bonds. The van der Waals surface area contributed by atoms with E-state index in [-0.39, 0.29) is 0 Å². The lowest BCUT2D eigenvalue weighted by atomic mass is 10.4. The zero-order chi connectivity index (χ0) is 9.10. The van der Waals surface area contributed by atoms with Gasteiger partial charge in [-0.15, -0.1) is 0 Å². The summed E-state index contributed by atoms with van der Waals surface area (Å²) < 4.78 is 0. The van der Waals surface area contributed by atoms with E-state index in [0.29, 0.717) is 0 Å². The molecule has 0 aromatic carbocycles. The van der Waals surface area contributed by atoms with E-state index in [1.807, 2.05) is 13.2 Å². The van der Waals surface area contributed by atoms with Gasteiger partial charge in [-0.05, 0) is 12.8 Å². The van der Waals surface area contributed by atoms with Crippen molar-refractivity contribution >= 4 is 11.6 Å². The van der Waals surface area contributed by atoms with Gasteiger partial charge in [0.15, 0.2) is 0 Å². The maximum Gasteiger partial charge on any atom is 0.147 e. The molecule has 1 fully saturated rings. The molecule has 13 heavy (non-hydrogen) atoms. The van der Waals surface area contributed by atoms with Crippen LogP contribution in [0.3, 0.4) is 0 Å². The quantitative estimate of drug-likeness (QED) is 0.736. The van der Waals surface area contributed by atoms with Gasteiger partial charge in [-0.2, -0.15) is 0 Å². The van der Waals surface area contributed by atoms with Crippen LogP contribution in [0.4, 0.5) is 11.6 Å². The molecule has 0 saturated carbocycles. The Morgan fingerprint density at radius 2 is 2.00 bits per heavy atom. The average Bonchev–Trinajstić information content (AvgIpc) is 2.71. The minimum atomic E-state index is 0.822. The fraction of sp³-hybridized carbons (Fsp3) is 0.556. The molecule has 1 aliphatic heterocycles. The van der Waals surface area contributed by atoms with Gasteiger partial charge in [0.2, 0.25) is 0 Å². The molecule has 4 heteroatoms. The summed E-state index contributed by atoms with van der Waals surface area (Å²) in [5.41, 5.74) is 0. The lowest BCUT2D eigenvalue weighted by molar-refractivity contribution is 0.927. The van der Waals surface area contributed by atoms with Crippen molar-refractivity contribution in [3.8, 4) is 0 Å². The highest BCUT2D eigenvalue weighted by molar-refractivity contribution is 5.41. The Hall–Kier alpha value is -1.32. The summed E-state index contributed by atoms with van der Waals surface area (Å²) in [5, 5.41) is 2.95. The zero-order valence-electron chi connectivity index (χ0n) is 7.82. The topological polar surface area (TPSA) is 41.1 Å². The van der Waals surface area contributed by atoms with Crippen LogP contribution >= 0.6 is 0 Å². The lowest BCUT2D eigenvalue weighted by Gasteiger charge is -2.15. The van der Waals surface area contributed by atoms with Crippen molar-refractivity contribution in [1.82, 2.24) is 9.97 Å². The van der Waals surface area contributed by atoms with Crippen molar-refractivity contribution < 1.29 is 0 Å². The monoisotopic (exact) mass is 178 g/mol. The van der Waals surface area contributed by atoms with Crippen LogP contribution in [0.15, 0.2) is 12.4 Å². The molecule has 1 aromatic heterocycles. The molecule has 4 nitrogen and oxygen atoms in total. The SMILES string of the molecule is CNc1cnc(N2CCCC2)cn1. The summed E-state index contributed by atoms with van der Waals surface area (Å²) in [6, 6.07) is 0. The second-order valence-electron chi connectivity index (χ2n) is 3.20. The number of nitrogens with zero attached hydrogens (tertiary/aromatic N) is 3. The molecule has 0 atom stereocenters. The first kappa shape index (κ1) is 8.29. The maximum absolute atomic E-state index is 4.33. The van der Waals surface area contributed by atoms with Crippen molar-refractivity contribution in [3.63, 3.8) is 0 Å². The van der Waals surface area contributed by atoms with Crippen LogP contribution in [-0.4, -0.2) is 30.1 Å². The lowest BCUT2D eigenvalue weighted by Crippen LogP contribution is -2.19. The van der Waals surface area contributed by atoms with Crippen LogP contribution in [0.25, 0.3) is 0 Å². The van der Waals surface area contributed by atoms with Crippen LogP contribution in [0.5, 0.6) is 0 Å². The van der Waals surface area contributed by atoms with Gasteiger partial charge < -0.3 is 10.2 Å². The first-order valence-corrected chi connectivity index (χ1v) is 4.65. The Balaban J connectivity index is 2.12. The van der Waals surface area contributed by atoms with Crippen LogP contribution in [0, 0.1) is 0 Å². The smallest absolute Gasteiger partial charge is 0.147 e. The molecule has 0 radical (unpaired) electrons. The third-order valence-corrected chi connectivity index (χ3v) is 2.32. The Kier molecular flexibility index (Phi) is 2.29. The van der Waals surface area contributed by atoms with E-state index < -0.39 is 0 Å². The molecular weight excluding hydrogens is 164 g/mol.